The fourth-order valence-corrected chi connectivity index (χ4v) is 5.93. The number of methoxy groups -OCH3 is 2. The van der Waals surface area contributed by atoms with Crippen LogP contribution in [0.1, 0.15) is 41.7 Å². The van der Waals surface area contributed by atoms with Gasteiger partial charge in [-0.2, -0.15) is 13.2 Å². The topological polar surface area (TPSA) is 71.0 Å². The molecule has 1 aromatic heterocycles. The summed E-state index contributed by atoms with van der Waals surface area (Å²) in [6.45, 7) is 0.631. The Morgan fingerprint density at radius 3 is 2.45 bits per heavy atom. The molecule has 1 amide bonds. The van der Waals surface area contributed by atoms with Crippen LogP contribution in [0.15, 0.2) is 42.5 Å². The number of hydrogen-bond donors (Lipinski definition) is 2. The van der Waals surface area contributed by atoms with Crippen molar-refractivity contribution < 1.29 is 27.4 Å². The van der Waals surface area contributed by atoms with Gasteiger partial charge in [0.25, 0.3) is 5.91 Å². The van der Waals surface area contributed by atoms with Crippen molar-refractivity contribution in [2.24, 2.45) is 0 Å². The minimum atomic E-state index is -4.41. The van der Waals surface area contributed by atoms with Gasteiger partial charge in [-0.05, 0) is 75.0 Å². The molecule has 4 rings (SSSR count). The maximum atomic E-state index is 13.7. The summed E-state index contributed by atoms with van der Waals surface area (Å²) in [6.07, 6.45) is -0.281. The molecule has 3 aromatic rings. The lowest BCUT2D eigenvalue weighted by Crippen LogP contribution is -2.42. The number of likely N-dealkylation sites (N-methyl/N-ethyl adjacent to an activating group) is 1. The van der Waals surface area contributed by atoms with E-state index in [1.54, 1.807) is 44.5 Å². The maximum Gasteiger partial charge on any atom is 0.406 e. The SMILES string of the molecule is CNC(=O)c1ccc(NCC#Cc2cc3c(N(C)[C@H]4CC[C@@H](N(C)CCOC)CC4)cccc3n2CC(F)(F)F)c(OC)c1. The zero-order chi connectivity index (χ0) is 31.9. The Bertz CT molecular complexity index is 1490. The number of fused-ring (bicyclic) bond motifs is 1. The van der Waals surface area contributed by atoms with E-state index in [0.717, 1.165) is 43.3 Å². The van der Waals surface area contributed by atoms with Crippen molar-refractivity contribution in [2.45, 2.75) is 50.5 Å². The van der Waals surface area contributed by atoms with E-state index >= 15 is 0 Å². The lowest BCUT2D eigenvalue weighted by molar-refractivity contribution is -0.140. The number of carbonyl (C=O) groups is 1. The van der Waals surface area contributed by atoms with Crippen LogP contribution < -0.4 is 20.3 Å². The lowest BCUT2D eigenvalue weighted by atomic mass is 9.89. The van der Waals surface area contributed by atoms with E-state index in [1.165, 1.54) is 11.7 Å². The van der Waals surface area contributed by atoms with Crippen LogP contribution in [0, 0.1) is 11.8 Å². The minimum absolute atomic E-state index is 0.165. The Balaban J connectivity index is 1.55. The first-order chi connectivity index (χ1) is 21.1. The van der Waals surface area contributed by atoms with Crippen molar-refractivity contribution in [1.29, 1.82) is 0 Å². The molecule has 0 saturated heterocycles. The monoisotopic (exact) mass is 613 g/mol. The van der Waals surface area contributed by atoms with Crippen LogP contribution in [0.3, 0.4) is 0 Å². The Morgan fingerprint density at radius 1 is 1.07 bits per heavy atom. The average Bonchev–Trinajstić information content (AvgIpc) is 3.36. The highest BCUT2D eigenvalue weighted by Crippen LogP contribution is 2.35. The van der Waals surface area contributed by atoms with Crippen molar-refractivity contribution in [3.63, 3.8) is 0 Å². The van der Waals surface area contributed by atoms with Gasteiger partial charge in [-0.15, -0.1) is 0 Å². The summed E-state index contributed by atoms with van der Waals surface area (Å²) in [5.74, 6) is 6.15. The van der Waals surface area contributed by atoms with Gasteiger partial charge in [0, 0.05) is 56.5 Å². The predicted molar refractivity (Wildman–Crippen MR) is 169 cm³/mol. The van der Waals surface area contributed by atoms with Crippen LogP contribution in [0.5, 0.6) is 5.75 Å². The summed E-state index contributed by atoms with van der Waals surface area (Å²) in [7, 11) is 8.93. The average molecular weight is 614 g/mol. The minimum Gasteiger partial charge on any atom is -0.495 e. The number of amides is 1. The molecule has 1 fully saturated rings. The highest BCUT2D eigenvalue weighted by atomic mass is 19.4. The normalized spacial score (nSPS) is 16.8. The number of halogens is 3. The number of nitrogens with one attached hydrogen (secondary N) is 2. The first-order valence-corrected chi connectivity index (χ1v) is 14.8. The fraction of sp³-hybridized carbons (Fsp3) is 0.485. The van der Waals surface area contributed by atoms with E-state index in [1.807, 2.05) is 19.2 Å². The molecule has 8 nitrogen and oxygen atoms in total. The molecule has 0 radical (unpaired) electrons. The van der Waals surface area contributed by atoms with E-state index in [2.05, 4.69) is 39.3 Å². The quantitative estimate of drug-likeness (QED) is 0.284. The molecule has 1 aliphatic rings. The van der Waals surface area contributed by atoms with E-state index < -0.39 is 12.7 Å². The summed E-state index contributed by atoms with van der Waals surface area (Å²) in [4.78, 5) is 16.5. The Morgan fingerprint density at radius 2 is 1.80 bits per heavy atom. The van der Waals surface area contributed by atoms with Crippen molar-refractivity contribution >= 4 is 28.2 Å². The summed E-state index contributed by atoms with van der Waals surface area (Å²) in [5, 5.41) is 6.45. The highest BCUT2D eigenvalue weighted by molar-refractivity contribution is 5.95. The van der Waals surface area contributed by atoms with Gasteiger partial charge < -0.3 is 34.5 Å². The van der Waals surface area contributed by atoms with E-state index in [9.17, 15) is 18.0 Å². The molecule has 0 spiro atoms. The number of hydrogen-bond acceptors (Lipinski definition) is 6. The van der Waals surface area contributed by atoms with Crippen molar-refractivity contribution in [2.75, 3.05) is 65.3 Å². The third kappa shape index (κ3) is 7.98. The smallest absolute Gasteiger partial charge is 0.406 e. The molecule has 1 saturated carbocycles. The summed E-state index contributed by atoms with van der Waals surface area (Å²) in [6, 6.07) is 13.1. The molecule has 1 aliphatic carbocycles. The number of aromatic nitrogens is 1. The second-order valence-electron chi connectivity index (χ2n) is 11.1. The largest absolute Gasteiger partial charge is 0.495 e. The van der Waals surface area contributed by atoms with Crippen LogP contribution in [-0.4, -0.2) is 88.7 Å². The van der Waals surface area contributed by atoms with E-state index in [0.29, 0.717) is 46.9 Å². The number of rotatable bonds is 11. The van der Waals surface area contributed by atoms with Gasteiger partial charge in [0.15, 0.2) is 0 Å². The van der Waals surface area contributed by atoms with Gasteiger partial charge in [0.05, 0.1) is 37.2 Å². The Hall–Kier alpha value is -3.88. The number of benzene rings is 2. The zero-order valence-electron chi connectivity index (χ0n) is 26.1. The van der Waals surface area contributed by atoms with Crippen LogP contribution in [0.2, 0.25) is 0 Å². The van der Waals surface area contributed by atoms with E-state index in [4.69, 9.17) is 9.47 Å². The first-order valence-electron chi connectivity index (χ1n) is 14.8. The number of ether oxygens (including phenoxy) is 2. The van der Waals surface area contributed by atoms with Crippen LogP contribution in [-0.2, 0) is 11.3 Å². The van der Waals surface area contributed by atoms with E-state index in [-0.39, 0.29) is 12.5 Å². The van der Waals surface area contributed by atoms with Gasteiger partial charge in [-0.3, -0.25) is 4.79 Å². The number of carbonyl (C=O) groups excluding carboxylic acids is 1. The van der Waals surface area contributed by atoms with Gasteiger partial charge in [0.1, 0.15) is 12.3 Å². The summed E-state index contributed by atoms with van der Waals surface area (Å²) < 4.78 is 53.0. The second-order valence-corrected chi connectivity index (χ2v) is 11.1. The standard InChI is InChI=1S/C33H42F3N5O3/c1-37-32(42)23-11-16-28(31(20-23)44-5)38-17-7-8-26-21-27-29(9-6-10-30(27)41(26)22-33(34,35)36)40(3)25-14-12-24(13-15-25)39(2)18-19-43-4/h6,9-11,16,20-21,24-25,38H,12-15,17-19,22H2,1-5H3,(H,37,42)/t24-,25+. The number of nitrogens with zero attached hydrogens (tertiary/aromatic N) is 3. The molecule has 0 aliphatic heterocycles. The predicted octanol–water partition coefficient (Wildman–Crippen LogP) is 5.36. The van der Waals surface area contributed by atoms with Gasteiger partial charge in [-0.1, -0.05) is 12.0 Å². The van der Waals surface area contributed by atoms with Crippen molar-refractivity contribution in [1.82, 2.24) is 14.8 Å². The summed E-state index contributed by atoms with van der Waals surface area (Å²) >= 11 is 0. The third-order valence-corrected chi connectivity index (χ3v) is 8.40. The van der Waals surface area contributed by atoms with Crippen molar-refractivity contribution in [3.8, 4) is 17.6 Å². The summed E-state index contributed by atoms with van der Waals surface area (Å²) in [5.41, 5.74) is 2.77. The third-order valence-electron chi connectivity index (χ3n) is 8.40. The van der Waals surface area contributed by atoms with Gasteiger partial charge >= 0.3 is 6.18 Å². The van der Waals surface area contributed by atoms with Crippen molar-refractivity contribution in [3.05, 3.63) is 53.7 Å². The molecule has 0 unspecified atom stereocenters. The lowest BCUT2D eigenvalue weighted by Gasteiger charge is -2.39. The molecule has 1 heterocycles. The Labute approximate surface area is 257 Å². The molecule has 0 atom stereocenters. The molecular formula is C33H42F3N5O3. The molecule has 11 heteroatoms. The van der Waals surface area contributed by atoms with Crippen LogP contribution in [0.25, 0.3) is 10.9 Å². The molecular weight excluding hydrogens is 571 g/mol. The molecule has 44 heavy (non-hydrogen) atoms. The van der Waals surface area contributed by atoms with Gasteiger partial charge in [0.2, 0.25) is 0 Å². The zero-order valence-corrected chi connectivity index (χ0v) is 26.1. The Kier molecular flexibility index (Phi) is 11.1. The number of alkyl halides is 3. The molecule has 2 aromatic carbocycles. The first kappa shape index (κ1) is 33.0. The highest BCUT2D eigenvalue weighted by Gasteiger charge is 2.31. The fourth-order valence-electron chi connectivity index (χ4n) is 5.93. The number of anilines is 2. The molecule has 0 bridgehead atoms. The van der Waals surface area contributed by atoms with Gasteiger partial charge in [-0.25, -0.2) is 0 Å². The van der Waals surface area contributed by atoms with Crippen LogP contribution >= 0.6 is 0 Å². The molecule has 2 N–H and O–H groups in total. The molecule has 238 valence electrons. The van der Waals surface area contributed by atoms with Crippen LogP contribution in [0.4, 0.5) is 24.5 Å². The second kappa shape index (κ2) is 14.7. The maximum absolute atomic E-state index is 13.7.